The molecule has 3 nitrogen and oxygen atoms in total. The lowest BCUT2D eigenvalue weighted by Crippen LogP contribution is -2.37. The van der Waals surface area contributed by atoms with Crippen molar-refractivity contribution in [3.05, 3.63) is 52.6 Å². The molecule has 0 heterocycles. The molecule has 5 heteroatoms. The Morgan fingerprint density at radius 1 is 1.22 bits per heavy atom. The first-order chi connectivity index (χ1) is 12.5. The smallest absolute Gasteiger partial charge is 0.185 e. The first-order valence-electron chi connectivity index (χ1n) is 9.71. The van der Waals surface area contributed by atoms with Crippen LogP contribution in [0.1, 0.15) is 52.5 Å². The number of aryl methyl sites for hydroxylation is 1. The van der Waals surface area contributed by atoms with Crippen molar-refractivity contribution in [3.63, 3.8) is 0 Å². The van der Waals surface area contributed by atoms with Crippen molar-refractivity contribution in [2.24, 2.45) is 5.41 Å². The quantitative estimate of drug-likeness (QED) is 0.543. The molecule has 2 rings (SSSR count). The largest absolute Gasteiger partial charge is 0.295 e. The summed E-state index contributed by atoms with van der Waals surface area (Å²) < 4.78 is 27.3. The third-order valence-electron chi connectivity index (χ3n) is 5.63. The number of benzene rings is 1. The molecule has 0 saturated carbocycles. The van der Waals surface area contributed by atoms with Gasteiger partial charge in [0.2, 0.25) is 0 Å². The summed E-state index contributed by atoms with van der Waals surface area (Å²) in [6.07, 6.45) is 4.54. The maximum absolute atomic E-state index is 13.6. The Labute approximate surface area is 165 Å². The van der Waals surface area contributed by atoms with E-state index < -0.39 is 15.1 Å². The van der Waals surface area contributed by atoms with Gasteiger partial charge in [-0.2, -0.15) is 0 Å². The molecule has 0 amide bonds. The standard InChI is InChI=1S/C22H31BO3S/c1-15-6-8-18(9-7-15)27(25,26)20(14-16(2)11-13-23)21-17(3)19(24)10-12-22(21,4)5/h6-9,11,20H,10,12-14,23H2,1-5H3/b16-11+. The zero-order valence-corrected chi connectivity index (χ0v) is 18.2. The summed E-state index contributed by atoms with van der Waals surface area (Å²) in [4.78, 5) is 12.8. The summed E-state index contributed by atoms with van der Waals surface area (Å²) in [5.74, 6) is 0.0746. The van der Waals surface area contributed by atoms with E-state index in [4.69, 9.17) is 0 Å². The van der Waals surface area contributed by atoms with Crippen molar-refractivity contribution in [2.45, 2.75) is 70.3 Å². The molecule has 0 radical (unpaired) electrons. The topological polar surface area (TPSA) is 51.2 Å². The number of ketones is 1. The lowest BCUT2D eigenvalue weighted by atomic mass is 9.70. The van der Waals surface area contributed by atoms with Crippen molar-refractivity contribution >= 4 is 23.5 Å². The summed E-state index contributed by atoms with van der Waals surface area (Å²) in [7, 11) is -1.56. The number of allylic oxidation sites excluding steroid dienone is 3. The highest BCUT2D eigenvalue weighted by atomic mass is 32.2. The summed E-state index contributed by atoms with van der Waals surface area (Å²) in [5.41, 5.74) is 3.19. The highest BCUT2D eigenvalue weighted by Crippen LogP contribution is 2.45. The summed E-state index contributed by atoms with van der Waals surface area (Å²) in [5, 5.41) is -0.706. The fourth-order valence-corrected chi connectivity index (χ4v) is 6.20. The molecule has 0 N–H and O–H groups in total. The summed E-state index contributed by atoms with van der Waals surface area (Å²) in [6, 6.07) is 7.03. The van der Waals surface area contributed by atoms with Gasteiger partial charge >= 0.3 is 0 Å². The van der Waals surface area contributed by atoms with Gasteiger partial charge in [-0.15, -0.1) is 0 Å². The highest BCUT2D eigenvalue weighted by molar-refractivity contribution is 7.92. The molecule has 1 unspecified atom stereocenters. The van der Waals surface area contributed by atoms with Gasteiger partial charge in [0, 0.05) is 6.42 Å². The molecule has 0 aromatic heterocycles. The second-order valence-electron chi connectivity index (χ2n) is 8.36. The van der Waals surface area contributed by atoms with E-state index in [0.29, 0.717) is 29.7 Å². The van der Waals surface area contributed by atoms with Crippen molar-refractivity contribution < 1.29 is 13.2 Å². The van der Waals surface area contributed by atoms with Crippen LogP contribution in [-0.4, -0.2) is 27.3 Å². The first-order valence-corrected chi connectivity index (χ1v) is 11.3. The monoisotopic (exact) mass is 386 g/mol. The molecule has 1 atom stereocenters. The number of sulfone groups is 1. The molecule has 1 aromatic carbocycles. The molecule has 0 fully saturated rings. The van der Waals surface area contributed by atoms with Gasteiger partial charge in [-0.25, -0.2) is 8.42 Å². The Hall–Kier alpha value is -1.62. The molecule has 1 aliphatic rings. The number of hydrogen-bond donors (Lipinski definition) is 0. The highest BCUT2D eigenvalue weighted by Gasteiger charge is 2.42. The molecule has 146 valence electrons. The van der Waals surface area contributed by atoms with Crippen molar-refractivity contribution in [3.8, 4) is 0 Å². The van der Waals surface area contributed by atoms with Gasteiger partial charge < -0.3 is 0 Å². The maximum Gasteiger partial charge on any atom is 0.185 e. The SMILES string of the molecule is BC/C=C(\C)CC(C1=C(C)C(=O)CCC1(C)C)S(=O)(=O)c1ccc(C)cc1. The van der Waals surface area contributed by atoms with Crippen LogP contribution in [0.15, 0.2) is 52.0 Å². The van der Waals surface area contributed by atoms with Gasteiger partial charge in [-0.3, -0.25) is 4.79 Å². The van der Waals surface area contributed by atoms with E-state index in [1.807, 2.05) is 33.8 Å². The lowest BCUT2D eigenvalue weighted by molar-refractivity contribution is -0.116. The van der Waals surface area contributed by atoms with E-state index >= 15 is 0 Å². The third kappa shape index (κ3) is 4.63. The molecule has 0 saturated heterocycles. The number of carbonyl (C=O) groups excluding carboxylic acids is 1. The van der Waals surface area contributed by atoms with Gasteiger partial charge in [0.1, 0.15) is 7.85 Å². The molecule has 27 heavy (non-hydrogen) atoms. The van der Waals surface area contributed by atoms with Gasteiger partial charge in [-0.05, 0) is 62.3 Å². The lowest BCUT2D eigenvalue weighted by Gasteiger charge is -2.38. The second-order valence-corrected chi connectivity index (χ2v) is 10.5. The van der Waals surface area contributed by atoms with Crippen LogP contribution in [0.3, 0.4) is 0 Å². The maximum atomic E-state index is 13.6. The number of rotatable bonds is 6. The van der Waals surface area contributed by atoms with Gasteiger partial charge in [0.05, 0.1) is 10.1 Å². The van der Waals surface area contributed by atoms with E-state index in [0.717, 1.165) is 23.0 Å². The Kier molecular flexibility index (Phi) is 6.57. The minimum atomic E-state index is -3.61. The average molecular weight is 386 g/mol. The van der Waals surface area contributed by atoms with Gasteiger partial charge in [0.15, 0.2) is 15.6 Å². The van der Waals surface area contributed by atoms with Crippen LogP contribution in [0.25, 0.3) is 0 Å². The number of carbonyl (C=O) groups is 1. The van der Waals surface area contributed by atoms with Gasteiger partial charge in [0.25, 0.3) is 0 Å². The first kappa shape index (κ1) is 21.7. The predicted molar refractivity (Wildman–Crippen MR) is 115 cm³/mol. The van der Waals surface area contributed by atoms with Crippen molar-refractivity contribution in [1.29, 1.82) is 0 Å². The van der Waals surface area contributed by atoms with E-state index in [9.17, 15) is 13.2 Å². The third-order valence-corrected chi connectivity index (χ3v) is 7.72. The van der Waals surface area contributed by atoms with Crippen molar-refractivity contribution in [2.75, 3.05) is 0 Å². The van der Waals surface area contributed by atoms with Crippen LogP contribution >= 0.6 is 0 Å². The van der Waals surface area contributed by atoms with E-state index in [1.165, 1.54) is 0 Å². The van der Waals surface area contributed by atoms with E-state index in [2.05, 4.69) is 19.9 Å². The van der Waals surface area contributed by atoms with Crippen molar-refractivity contribution in [1.82, 2.24) is 0 Å². The molecule has 1 aromatic rings. The summed E-state index contributed by atoms with van der Waals surface area (Å²) >= 11 is 0. The summed E-state index contributed by atoms with van der Waals surface area (Å²) in [6.45, 7) is 9.85. The average Bonchev–Trinajstić information content (AvgIpc) is 2.58. The molecular weight excluding hydrogens is 355 g/mol. The fraction of sp³-hybridized carbons (Fsp3) is 0.500. The molecule has 0 aliphatic heterocycles. The minimum Gasteiger partial charge on any atom is -0.295 e. The minimum absolute atomic E-state index is 0.0746. The van der Waals surface area contributed by atoms with Crippen LogP contribution < -0.4 is 0 Å². The van der Waals surface area contributed by atoms with E-state index in [1.54, 1.807) is 19.1 Å². The normalized spacial score (nSPS) is 19.3. The molecular formula is C22H31BO3S. The molecule has 1 aliphatic carbocycles. The van der Waals surface area contributed by atoms with Crippen LogP contribution in [-0.2, 0) is 14.6 Å². The van der Waals surface area contributed by atoms with E-state index in [-0.39, 0.29) is 11.2 Å². The van der Waals surface area contributed by atoms with Crippen LogP contribution in [0.4, 0.5) is 0 Å². The van der Waals surface area contributed by atoms with Crippen LogP contribution in [0.5, 0.6) is 0 Å². The Morgan fingerprint density at radius 3 is 2.37 bits per heavy atom. The fourth-order valence-electron chi connectivity index (χ4n) is 4.07. The Balaban J connectivity index is 2.68. The zero-order chi connectivity index (χ0) is 20.4. The Bertz CT molecular complexity index is 875. The predicted octanol–water partition coefficient (Wildman–Crippen LogP) is 4.23. The second kappa shape index (κ2) is 8.18. The molecule has 0 spiro atoms. The zero-order valence-electron chi connectivity index (χ0n) is 17.4. The number of hydrogen-bond acceptors (Lipinski definition) is 3. The van der Waals surface area contributed by atoms with Gasteiger partial charge in [-0.1, -0.05) is 49.5 Å². The number of Topliss-reactive ketones (excluding diaryl/α,β-unsaturated/α-hetero) is 1. The Morgan fingerprint density at radius 2 is 1.81 bits per heavy atom. The van der Waals surface area contributed by atoms with Crippen LogP contribution in [0.2, 0.25) is 6.32 Å². The van der Waals surface area contributed by atoms with Crippen LogP contribution in [0, 0.1) is 12.3 Å². The molecule has 0 bridgehead atoms.